The Balaban J connectivity index is 2.03. The second-order valence-electron chi connectivity index (χ2n) is 5.09. The van der Waals surface area contributed by atoms with Gasteiger partial charge in [0, 0.05) is 30.4 Å². The summed E-state index contributed by atoms with van der Waals surface area (Å²) in [5, 5.41) is 12.4. The zero-order chi connectivity index (χ0) is 13.9. The molecule has 5 heteroatoms. The molecule has 1 aromatic rings. The minimum absolute atomic E-state index is 0.286. The van der Waals surface area contributed by atoms with Crippen molar-refractivity contribution in [2.45, 2.75) is 19.3 Å². The summed E-state index contributed by atoms with van der Waals surface area (Å²) in [4.78, 5) is 11.2. The Kier molecular flexibility index (Phi) is 4.47. The van der Waals surface area contributed by atoms with E-state index in [1.807, 2.05) is 6.07 Å². The molecule has 1 aromatic carbocycles. The van der Waals surface area contributed by atoms with Crippen molar-refractivity contribution >= 4 is 27.6 Å². The van der Waals surface area contributed by atoms with Crippen molar-refractivity contribution in [2.24, 2.45) is 5.41 Å². The van der Waals surface area contributed by atoms with E-state index in [9.17, 15) is 4.79 Å². The summed E-state index contributed by atoms with van der Waals surface area (Å²) >= 11 is 3.37. The van der Waals surface area contributed by atoms with Crippen LogP contribution < -0.4 is 5.32 Å². The maximum Gasteiger partial charge on any atom is 0.337 e. The maximum atomic E-state index is 11.2. The molecule has 19 heavy (non-hydrogen) atoms. The number of carbonyl (C=O) groups is 1. The zero-order valence-electron chi connectivity index (χ0n) is 10.9. The van der Waals surface area contributed by atoms with Gasteiger partial charge in [0.25, 0.3) is 0 Å². The van der Waals surface area contributed by atoms with Crippen LogP contribution in [0.2, 0.25) is 0 Å². The number of halogens is 1. The van der Waals surface area contributed by atoms with Crippen LogP contribution in [0.4, 0.5) is 5.69 Å². The van der Waals surface area contributed by atoms with Gasteiger partial charge in [-0.05, 0) is 42.9 Å². The quantitative estimate of drug-likeness (QED) is 0.806. The SMILES string of the molecule is COCCC1(CNc2cc(Br)ccc2C(=O)O)CC1. The summed E-state index contributed by atoms with van der Waals surface area (Å²) in [5.74, 6) is -0.906. The van der Waals surface area contributed by atoms with Gasteiger partial charge in [-0.2, -0.15) is 0 Å². The lowest BCUT2D eigenvalue weighted by Crippen LogP contribution is -2.18. The highest BCUT2D eigenvalue weighted by atomic mass is 79.9. The molecule has 0 unspecified atom stereocenters. The van der Waals surface area contributed by atoms with Gasteiger partial charge in [0.05, 0.1) is 5.56 Å². The first-order valence-corrected chi connectivity index (χ1v) is 7.11. The Morgan fingerprint density at radius 3 is 2.84 bits per heavy atom. The fourth-order valence-corrected chi connectivity index (χ4v) is 2.50. The molecule has 0 amide bonds. The summed E-state index contributed by atoms with van der Waals surface area (Å²) in [6.45, 7) is 1.55. The molecule has 2 rings (SSSR count). The molecule has 1 aliphatic carbocycles. The van der Waals surface area contributed by atoms with Gasteiger partial charge in [-0.15, -0.1) is 0 Å². The van der Waals surface area contributed by atoms with Crippen molar-refractivity contribution in [3.05, 3.63) is 28.2 Å². The number of ether oxygens (including phenoxy) is 1. The van der Waals surface area contributed by atoms with Crippen LogP contribution in [0.15, 0.2) is 22.7 Å². The number of rotatable bonds is 7. The first-order chi connectivity index (χ1) is 9.06. The molecule has 0 radical (unpaired) electrons. The van der Waals surface area contributed by atoms with Gasteiger partial charge in [-0.3, -0.25) is 0 Å². The molecule has 1 aliphatic rings. The van der Waals surface area contributed by atoms with Crippen molar-refractivity contribution in [3.63, 3.8) is 0 Å². The average Bonchev–Trinajstić information content (AvgIpc) is 3.14. The fraction of sp³-hybridized carbons (Fsp3) is 0.500. The normalized spacial score (nSPS) is 16.1. The molecule has 4 nitrogen and oxygen atoms in total. The van der Waals surface area contributed by atoms with Crippen LogP contribution in [0.25, 0.3) is 0 Å². The van der Waals surface area contributed by atoms with E-state index in [4.69, 9.17) is 9.84 Å². The summed E-state index contributed by atoms with van der Waals surface area (Å²) in [7, 11) is 1.71. The lowest BCUT2D eigenvalue weighted by molar-refractivity contribution is 0.0698. The third kappa shape index (κ3) is 3.70. The third-order valence-electron chi connectivity index (χ3n) is 3.66. The Labute approximate surface area is 121 Å². The van der Waals surface area contributed by atoms with Crippen molar-refractivity contribution in [1.29, 1.82) is 0 Å². The minimum atomic E-state index is -0.906. The van der Waals surface area contributed by atoms with Crippen LogP contribution in [0.3, 0.4) is 0 Å². The van der Waals surface area contributed by atoms with Gasteiger partial charge in [-0.1, -0.05) is 15.9 Å². The molecular weight excluding hydrogens is 310 g/mol. The number of carboxylic acid groups (broad SMARTS) is 1. The molecule has 0 bridgehead atoms. The molecule has 0 spiro atoms. The largest absolute Gasteiger partial charge is 0.478 e. The van der Waals surface area contributed by atoms with Crippen LogP contribution in [0, 0.1) is 5.41 Å². The highest BCUT2D eigenvalue weighted by molar-refractivity contribution is 9.10. The number of nitrogens with one attached hydrogen (secondary N) is 1. The lowest BCUT2D eigenvalue weighted by atomic mass is 10.0. The Bertz CT molecular complexity index is 472. The van der Waals surface area contributed by atoms with E-state index in [0.717, 1.165) is 24.0 Å². The van der Waals surface area contributed by atoms with Gasteiger partial charge in [0.2, 0.25) is 0 Å². The fourth-order valence-electron chi connectivity index (χ4n) is 2.14. The monoisotopic (exact) mass is 327 g/mol. The second kappa shape index (κ2) is 5.92. The number of hydrogen-bond acceptors (Lipinski definition) is 3. The number of methoxy groups -OCH3 is 1. The minimum Gasteiger partial charge on any atom is -0.478 e. The molecule has 1 saturated carbocycles. The Hall–Kier alpha value is -1.07. The maximum absolute atomic E-state index is 11.2. The smallest absolute Gasteiger partial charge is 0.337 e. The molecular formula is C14H18BrNO3. The molecule has 2 N–H and O–H groups in total. The van der Waals surface area contributed by atoms with Crippen molar-refractivity contribution in [2.75, 3.05) is 25.6 Å². The van der Waals surface area contributed by atoms with Crippen LogP contribution in [-0.4, -0.2) is 31.3 Å². The lowest BCUT2D eigenvalue weighted by Gasteiger charge is -2.17. The molecule has 0 aromatic heterocycles. The van der Waals surface area contributed by atoms with Crippen molar-refractivity contribution in [1.82, 2.24) is 0 Å². The molecule has 0 heterocycles. The van der Waals surface area contributed by atoms with Crippen LogP contribution in [-0.2, 0) is 4.74 Å². The number of anilines is 1. The highest BCUT2D eigenvalue weighted by Gasteiger charge is 2.41. The standard InChI is InChI=1S/C14H18BrNO3/c1-19-7-6-14(4-5-14)9-16-12-8-10(15)2-3-11(12)13(17)18/h2-3,8,16H,4-7,9H2,1H3,(H,17,18). The second-order valence-corrected chi connectivity index (χ2v) is 6.01. The van der Waals surface area contributed by atoms with E-state index < -0.39 is 5.97 Å². The third-order valence-corrected chi connectivity index (χ3v) is 4.15. The number of hydrogen-bond donors (Lipinski definition) is 2. The van der Waals surface area contributed by atoms with Gasteiger partial charge in [0.15, 0.2) is 0 Å². The average molecular weight is 328 g/mol. The van der Waals surface area contributed by atoms with E-state index in [1.54, 1.807) is 19.2 Å². The number of carboxylic acids is 1. The number of benzene rings is 1. The first-order valence-electron chi connectivity index (χ1n) is 6.32. The predicted molar refractivity (Wildman–Crippen MR) is 77.8 cm³/mol. The van der Waals surface area contributed by atoms with E-state index in [-0.39, 0.29) is 5.41 Å². The van der Waals surface area contributed by atoms with Crippen LogP contribution in [0.1, 0.15) is 29.6 Å². The number of aromatic carboxylic acids is 1. The molecule has 0 saturated heterocycles. The topological polar surface area (TPSA) is 58.6 Å². The molecule has 104 valence electrons. The van der Waals surface area contributed by atoms with Crippen LogP contribution >= 0.6 is 15.9 Å². The Morgan fingerprint density at radius 1 is 1.53 bits per heavy atom. The predicted octanol–water partition coefficient (Wildman–Crippen LogP) is 3.38. The van der Waals surface area contributed by atoms with Gasteiger partial charge < -0.3 is 15.2 Å². The highest BCUT2D eigenvalue weighted by Crippen LogP contribution is 2.48. The summed E-state index contributed by atoms with van der Waals surface area (Å²) < 4.78 is 6.00. The van der Waals surface area contributed by atoms with Gasteiger partial charge >= 0.3 is 5.97 Å². The van der Waals surface area contributed by atoms with E-state index in [0.29, 0.717) is 11.3 Å². The summed E-state index contributed by atoms with van der Waals surface area (Å²) in [6, 6.07) is 5.17. The van der Waals surface area contributed by atoms with E-state index in [2.05, 4.69) is 21.2 Å². The van der Waals surface area contributed by atoms with Crippen LogP contribution in [0.5, 0.6) is 0 Å². The summed E-state index contributed by atoms with van der Waals surface area (Å²) in [6.07, 6.45) is 3.38. The van der Waals surface area contributed by atoms with Crippen molar-refractivity contribution < 1.29 is 14.6 Å². The summed E-state index contributed by atoms with van der Waals surface area (Å²) in [5.41, 5.74) is 1.27. The van der Waals surface area contributed by atoms with Gasteiger partial charge in [-0.25, -0.2) is 4.79 Å². The Morgan fingerprint density at radius 2 is 2.26 bits per heavy atom. The zero-order valence-corrected chi connectivity index (χ0v) is 12.5. The van der Waals surface area contributed by atoms with E-state index in [1.165, 1.54) is 12.8 Å². The first kappa shape index (κ1) is 14.3. The molecule has 0 aliphatic heterocycles. The molecule has 0 atom stereocenters. The molecule has 1 fully saturated rings. The van der Waals surface area contributed by atoms with Gasteiger partial charge in [0.1, 0.15) is 0 Å². The van der Waals surface area contributed by atoms with E-state index >= 15 is 0 Å². The van der Waals surface area contributed by atoms with Crippen molar-refractivity contribution in [3.8, 4) is 0 Å².